The summed E-state index contributed by atoms with van der Waals surface area (Å²) in [5.74, 6) is 0.164. The molecule has 6 nitrogen and oxygen atoms in total. The topological polar surface area (TPSA) is 86.0 Å². The zero-order valence-electron chi connectivity index (χ0n) is 15.5. The number of carbonyl (C=O) groups excluding carboxylic acids is 2. The number of aliphatic hydroxyl groups excluding tert-OH is 1. The molecule has 144 valence electrons. The van der Waals surface area contributed by atoms with Crippen molar-refractivity contribution in [1.29, 1.82) is 0 Å². The Morgan fingerprint density at radius 3 is 2.63 bits per heavy atom. The largest absolute Gasteiger partial charge is 0.465 e. The predicted octanol–water partition coefficient (Wildman–Crippen LogP) is 3.48. The molecular formula is C21H24O6. The molecule has 1 N–H and O–H groups in total. The van der Waals surface area contributed by atoms with Crippen molar-refractivity contribution in [2.75, 3.05) is 13.2 Å². The summed E-state index contributed by atoms with van der Waals surface area (Å²) in [6, 6.07) is 10.5. The molecule has 0 aliphatic heterocycles. The fraction of sp³-hybridized carbons (Fsp3) is 0.429. The summed E-state index contributed by atoms with van der Waals surface area (Å²) in [4.78, 5) is 24.5. The van der Waals surface area contributed by atoms with E-state index in [1.165, 1.54) is 0 Å². The molecule has 6 heteroatoms. The van der Waals surface area contributed by atoms with Gasteiger partial charge in [-0.1, -0.05) is 18.2 Å². The number of esters is 2. The summed E-state index contributed by atoms with van der Waals surface area (Å²) in [6.07, 6.45) is 0.678. The van der Waals surface area contributed by atoms with Crippen molar-refractivity contribution in [3.05, 3.63) is 59.0 Å². The molecule has 1 saturated carbocycles. The Kier molecular flexibility index (Phi) is 5.96. The van der Waals surface area contributed by atoms with Crippen LogP contribution < -0.4 is 0 Å². The van der Waals surface area contributed by atoms with Crippen LogP contribution in [0.3, 0.4) is 0 Å². The predicted molar refractivity (Wildman–Crippen MR) is 97.6 cm³/mol. The number of hydrogen-bond donors (Lipinski definition) is 1. The molecule has 0 unspecified atom stereocenters. The van der Waals surface area contributed by atoms with E-state index < -0.39 is 5.97 Å². The van der Waals surface area contributed by atoms with Crippen molar-refractivity contribution >= 4 is 11.9 Å². The molecule has 1 aliphatic rings. The minimum Gasteiger partial charge on any atom is -0.465 e. The minimum absolute atomic E-state index is 0.0328. The van der Waals surface area contributed by atoms with Gasteiger partial charge >= 0.3 is 11.9 Å². The van der Waals surface area contributed by atoms with Gasteiger partial charge in [0.2, 0.25) is 0 Å². The molecule has 3 rings (SSSR count). The van der Waals surface area contributed by atoms with E-state index in [9.17, 15) is 14.7 Å². The third kappa shape index (κ3) is 4.06. The standard InChI is InChI=1S/C21H24O6/c1-3-25-21(24)17-11-13(2)26-19(17)16-12-18(15(16)9-10-22)27-20(23)14-7-5-4-6-8-14/h4-8,11,15-16,18,22H,3,9-10,12H2,1-2H3/t15-,16+,18+/m1/s1. The molecule has 0 saturated heterocycles. The summed E-state index contributed by atoms with van der Waals surface area (Å²) in [6.45, 7) is 3.78. The van der Waals surface area contributed by atoms with Crippen LogP contribution in [0.4, 0.5) is 0 Å². The van der Waals surface area contributed by atoms with Crippen LogP contribution in [-0.2, 0) is 9.47 Å². The first kappa shape index (κ1) is 19.2. The van der Waals surface area contributed by atoms with E-state index in [0.717, 1.165) is 0 Å². The Morgan fingerprint density at radius 1 is 1.22 bits per heavy atom. The van der Waals surface area contributed by atoms with Gasteiger partial charge in [0.05, 0.1) is 12.2 Å². The average Bonchev–Trinajstić information content (AvgIpc) is 3.04. The quantitative estimate of drug-likeness (QED) is 0.749. The summed E-state index contributed by atoms with van der Waals surface area (Å²) < 4.78 is 16.5. The fourth-order valence-corrected chi connectivity index (χ4v) is 3.59. The van der Waals surface area contributed by atoms with Gasteiger partial charge in [-0.3, -0.25) is 0 Å². The Bertz CT molecular complexity index is 794. The normalized spacial score (nSPS) is 21.4. The number of aliphatic hydroxyl groups is 1. The van der Waals surface area contributed by atoms with Crippen LogP contribution in [0.1, 0.15) is 57.9 Å². The van der Waals surface area contributed by atoms with Gasteiger partial charge in [0, 0.05) is 18.4 Å². The lowest BCUT2D eigenvalue weighted by Gasteiger charge is -2.43. The molecule has 1 aromatic carbocycles. The number of hydrogen-bond acceptors (Lipinski definition) is 6. The van der Waals surface area contributed by atoms with Crippen LogP contribution in [0.2, 0.25) is 0 Å². The molecule has 2 aromatic rings. The van der Waals surface area contributed by atoms with Gasteiger partial charge in [-0.05, 0) is 44.9 Å². The number of benzene rings is 1. The lowest BCUT2D eigenvalue weighted by molar-refractivity contribution is -0.0462. The zero-order valence-corrected chi connectivity index (χ0v) is 15.5. The maximum absolute atomic E-state index is 12.3. The second kappa shape index (κ2) is 8.39. The first-order valence-electron chi connectivity index (χ1n) is 9.19. The highest BCUT2D eigenvalue weighted by atomic mass is 16.5. The van der Waals surface area contributed by atoms with Crippen LogP contribution in [0.15, 0.2) is 40.8 Å². The van der Waals surface area contributed by atoms with E-state index in [-0.39, 0.29) is 37.1 Å². The molecule has 1 fully saturated rings. The van der Waals surface area contributed by atoms with Gasteiger partial charge in [0.1, 0.15) is 23.2 Å². The van der Waals surface area contributed by atoms with Gasteiger partial charge in [-0.15, -0.1) is 0 Å². The molecule has 3 atom stereocenters. The molecule has 1 heterocycles. The summed E-state index contributed by atoms with van der Waals surface area (Å²) >= 11 is 0. The van der Waals surface area contributed by atoms with Gasteiger partial charge in [0.25, 0.3) is 0 Å². The van der Waals surface area contributed by atoms with Crippen molar-refractivity contribution in [1.82, 2.24) is 0 Å². The van der Waals surface area contributed by atoms with E-state index in [2.05, 4.69) is 0 Å². The summed E-state index contributed by atoms with van der Waals surface area (Å²) in [5, 5.41) is 9.44. The van der Waals surface area contributed by atoms with Gasteiger partial charge in [-0.2, -0.15) is 0 Å². The minimum atomic E-state index is -0.420. The molecular weight excluding hydrogens is 348 g/mol. The van der Waals surface area contributed by atoms with Crippen molar-refractivity contribution in [3.63, 3.8) is 0 Å². The number of carbonyl (C=O) groups is 2. The highest BCUT2D eigenvalue weighted by Crippen LogP contribution is 2.48. The lowest BCUT2D eigenvalue weighted by Crippen LogP contribution is -2.43. The highest BCUT2D eigenvalue weighted by molar-refractivity contribution is 5.91. The van der Waals surface area contributed by atoms with E-state index in [4.69, 9.17) is 13.9 Å². The third-order valence-corrected chi connectivity index (χ3v) is 4.93. The molecule has 27 heavy (non-hydrogen) atoms. The Morgan fingerprint density at radius 2 is 1.96 bits per heavy atom. The number of aryl methyl sites for hydroxylation is 1. The van der Waals surface area contributed by atoms with Crippen molar-refractivity contribution in [2.24, 2.45) is 5.92 Å². The number of furan rings is 1. The average molecular weight is 372 g/mol. The maximum atomic E-state index is 12.3. The Hall–Kier alpha value is -2.60. The van der Waals surface area contributed by atoms with E-state index in [1.807, 2.05) is 6.07 Å². The van der Waals surface area contributed by atoms with Gasteiger partial charge < -0.3 is 19.0 Å². The number of ether oxygens (including phenoxy) is 2. The summed E-state index contributed by atoms with van der Waals surface area (Å²) in [7, 11) is 0. The third-order valence-electron chi connectivity index (χ3n) is 4.93. The van der Waals surface area contributed by atoms with Crippen LogP contribution in [0.5, 0.6) is 0 Å². The van der Waals surface area contributed by atoms with Crippen molar-refractivity contribution in [2.45, 2.75) is 38.7 Å². The second-order valence-electron chi connectivity index (χ2n) is 6.68. The molecule has 0 amide bonds. The molecule has 0 radical (unpaired) electrons. The van der Waals surface area contributed by atoms with Crippen molar-refractivity contribution in [3.8, 4) is 0 Å². The van der Waals surface area contributed by atoms with Crippen LogP contribution in [0, 0.1) is 12.8 Å². The lowest BCUT2D eigenvalue weighted by atomic mass is 9.67. The first-order valence-corrected chi connectivity index (χ1v) is 9.19. The summed E-state index contributed by atoms with van der Waals surface area (Å²) in [5.41, 5.74) is 0.903. The van der Waals surface area contributed by atoms with Crippen molar-refractivity contribution < 1.29 is 28.6 Å². The van der Waals surface area contributed by atoms with E-state index >= 15 is 0 Å². The number of rotatable bonds is 7. The first-order chi connectivity index (χ1) is 13.0. The van der Waals surface area contributed by atoms with E-state index in [0.29, 0.717) is 35.5 Å². The van der Waals surface area contributed by atoms with Crippen LogP contribution in [0.25, 0.3) is 0 Å². The SMILES string of the molecule is CCOC(=O)c1cc(C)oc1[C@H]1C[C@H](OC(=O)c2ccccc2)[C@@H]1CCO. The van der Waals surface area contributed by atoms with Crippen LogP contribution >= 0.6 is 0 Å². The zero-order chi connectivity index (χ0) is 19.4. The van der Waals surface area contributed by atoms with Crippen LogP contribution in [-0.4, -0.2) is 36.4 Å². The Balaban J connectivity index is 1.75. The fourth-order valence-electron chi connectivity index (χ4n) is 3.59. The molecule has 0 bridgehead atoms. The Labute approximate surface area is 158 Å². The highest BCUT2D eigenvalue weighted by Gasteiger charge is 2.47. The second-order valence-corrected chi connectivity index (χ2v) is 6.68. The maximum Gasteiger partial charge on any atom is 0.341 e. The molecule has 0 spiro atoms. The van der Waals surface area contributed by atoms with Gasteiger partial charge in [-0.25, -0.2) is 9.59 Å². The molecule has 1 aliphatic carbocycles. The van der Waals surface area contributed by atoms with E-state index in [1.54, 1.807) is 44.2 Å². The monoisotopic (exact) mass is 372 g/mol. The smallest absolute Gasteiger partial charge is 0.341 e. The molecule has 1 aromatic heterocycles. The van der Waals surface area contributed by atoms with Gasteiger partial charge in [0.15, 0.2) is 0 Å².